The molecule has 3 heterocycles. The highest BCUT2D eigenvalue weighted by atomic mass is 16.1. The molecule has 0 fully saturated rings. The number of aliphatic imine (C=N–C) groups is 2. The maximum absolute atomic E-state index is 12.4. The van der Waals surface area contributed by atoms with Gasteiger partial charge >= 0.3 is 0 Å². The highest BCUT2D eigenvalue weighted by Crippen LogP contribution is 2.31. The highest BCUT2D eigenvalue weighted by molar-refractivity contribution is 6.48. The summed E-state index contributed by atoms with van der Waals surface area (Å²) in [5.74, 6) is -0.225. The summed E-state index contributed by atoms with van der Waals surface area (Å²) < 4.78 is 0. The van der Waals surface area contributed by atoms with Crippen LogP contribution in [-0.2, 0) is 12.8 Å². The number of allylic oxidation sites excluding steroid dienone is 1. The van der Waals surface area contributed by atoms with Crippen LogP contribution >= 0.6 is 0 Å². The Morgan fingerprint density at radius 1 is 1.25 bits per heavy atom. The van der Waals surface area contributed by atoms with Gasteiger partial charge in [0.2, 0.25) is 0 Å². The minimum Gasteiger partial charge on any atom is -0.321 e. The minimum absolute atomic E-state index is 0.0767. The summed E-state index contributed by atoms with van der Waals surface area (Å²) in [7, 11) is 0. The number of rotatable bonds is 4. The lowest BCUT2D eigenvalue weighted by molar-refractivity contribution is 0.102. The number of fused-ring (bicyclic) bond motifs is 1. The lowest BCUT2D eigenvalue weighted by atomic mass is 10.0. The largest absolute Gasteiger partial charge is 0.321 e. The van der Waals surface area contributed by atoms with E-state index in [9.17, 15) is 4.79 Å². The van der Waals surface area contributed by atoms with Crippen molar-refractivity contribution in [1.29, 1.82) is 0 Å². The number of anilines is 1. The van der Waals surface area contributed by atoms with Crippen LogP contribution in [-0.4, -0.2) is 28.4 Å². The first-order valence-electron chi connectivity index (χ1n) is 9.45. The third kappa shape index (κ3) is 3.56. The van der Waals surface area contributed by atoms with Crippen molar-refractivity contribution in [3.63, 3.8) is 0 Å². The predicted octanol–water partition coefficient (Wildman–Crippen LogP) is 4.48. The second kappa shape index (κ2) is 7.35. The Morgan fingerprint density at radius 2 is 2.11 bits per heavy atom. The van der Waals surface area contributed by atoms with Gasteiger partial charge < -0.3 is 5.32 Å². The molecular formula is C23H22N4O. The number of amides is 1. The second-order valence-corrected chi connectivity index (χ2v) is 7.04. The lowest BCUT2D eigenvalue weighted by Crippen LogP contribution is -2.18. The summed E-state index contributed by atoms with van der Waals surface area (Å²) >= 11 is 0. The van der Waals surface area contributed by atoms with E-state index in [4.69, 9.17) is 4.99 Å². The summed E-state index contributed by atoms with van der Waals surface area (Å²) in [6.07, 6.45) is 7.35. The van der Waals surface area contributed by atoms with Crippen molar-refractivity contribution in [1.82, 2.24) is 4.98 Å². The zero-order valence-corrected chi connectivity index (χ0v) is 16.1. The number of carbonyl (C=O) groups excluding carboxylic acids is 1. The number of dihydropyridines is 1. The molecule has 5 nitrogen and oxygen atoms in total. The lowest BCUT2D eigenvalue weighted by Gasteiger charge is -2.14. The Morgan fingerprint density at radius 3 is 2.82 bits per heavy atom. The number of benzene rings is 1. The van der Waals surface area contributed by atoms with Crippen molar-refractivity contribution in [2.75, 3.05) is 5.32 Å². The van der Waals surface area contributed by atoms with Crippen molar-refractivity contribution in [3.8, 4) is 0 Å². The van der Waals surface area contributed by atoms with Crippen molar-refractivity contribution in [2.24, 2.45) is 9.98 Å². The molecule has 1 amide bonds. The number of nitrogens with one attached hydrogen (secondary N) is 1. The molecule has 1 atom stereocenters. The zero-order chi connectivity index (χ0) is 19.7. The quantitative estimate of drug-likeness (QED) is 0.862. The molecule has 0 saturated heterocycles. The number of pyridine rings is 1. The molecule has 0 saturated carbocycles. The Kier molecular flexibility index (Phi) is 4.74. The smallest absolute Gasteiger partial charge is 0.274 e. The Balaban J connectivity index is 1.51. The number of hydrogen-bond acceptors (Lipinski definition) is 4. The van der Waals surface area contributed by atoms with Gasteiger partial charge in [-0.15, -0.1) is 0 Å². The molecule has 2 aliphatic heterocycles. The van der Waals surface area contributed by atoms with Gasteiger partial charge in [0, 0.05) is 18.3 Å². The molecule has 1 N–H and O–H groups in total. The van der Waals surface area contributed by atoms with Gasteiger partial charge in [0.15, 0.2) is 0 Å². The standard InChI is InChI=1S/C23H22N4O/c1-4-16-6-10-20(24-13-16)23(28)26-18-8-7-17-11-22(27-21(17)12-18)19-9-5-14(2)15(3)25-19/h5-10,12-13,15H,2,4,11H2,1,3H3,(H,26,28). The Bertz CT molecular complexity index is 1040. The number of aromatic nitrogens is 1. The van der Waals surface area contributed by atoms with E-state index >= 15 is 0 Å². The van der Waals surface area contributed by atoms with Gasteiger partial charge in [-0.1, -0.05) is 31.7 Å². The van der Waals surface area contributed by atoms with E-state index in [2.05, 4.69) is 28.8 Å². The van der Waals surface area contributed by atoms with Crippen molar-refractivity contribution >= 4 is 28.7 Å². The van der Waals surface area contributed by atoms with Gasteiger partial charge in [0.05, 0.1) is 23.2 Å². The first-order chi connectivity index (χ1) is 13.5. The Labute approximate surface area is 164 Å². The third-order valence-corrected chi connectivity index (χ3v) is 5.04. The van der Waals surface area contributed by atoms with Gasteiger partial charge in [-0.05, 0) is 54.3 Å². The maximum atomic E-state index is 12.4. The van der Waals surface area contributed by atoms with E-state index in [1.165, 1.54) is 0 Å². The van der Waals surface area contributed by atoms with Crippen LogP contribution in [0.15, 0.2) is 70.8 Å². The fourth-order valence-corrected chi connectivity index (χ4v) is 3.20. The van der Waals surface area contributed by atoms with Crippen molar-refractivity contribution in [3.05, 3.63) is 77.7 Å². The maximum Gasteiger partial charge on any atom is 0.274 e. The van der Waals surface area contributed by atoms with Crippen LogP contribution in [0.3, 0.4) is 0 Å². The molecule has 1 unspecified atom stereocenters. The zero-order valence-electron chi connectivity index (χ0n) is 16.1. The average molecular weight is 370 g/mol. The first kappa shape index (κ1) is 18.0. The SMILES string of the molecule is C=C1C=CC(C2=Nc3cc(NC(=O)c4ccc(CC)cn4)ccc3C2)=NC1C. The van der Waals surface area contributed by atoms with Crippen LogP contribution in [0.2, 0.25) is 0 Å². The van der Waals surface area contributed by atoms with E-state index in [0.717, 1.165) is 46.7 Å². The predicted molar refractivity (Wildman–Crippen MR) is 114 cm³/mol. The molecule has 28 heavy (non-hydrogen) atoms. The van der Waals surface area contributed by atoms with Crippen LogP contribution in [0, 0.1) is 0 Å². The van der Waals surface area contributed by atoms with E-state index in [1.807, 2.05) is 43.3 Å². The molecule has 0 aliphatic carbocycles. The van der Waals surface area contributed by atoms with Gasteiger partial charge in [-0.25, -0.2) is 0 Å². The number of nitrogens with zero attached hydrogens (tertiary/aromatic N) is 3. The van der Waals surface area contributed by atoms with Gasteiger partial charge in [-0.2, -0.15) is 0 Å². The van der Waals surface area contributed by atoms with Gasteiger partial charge in [0.1, 0.15) is 5.69 Å². The number of aryl methyl sites for hydroxylation is 1. The van der Waals surface area contributed by atoms with E-state index in [1.54, 1.807) is 12.3 Å². The second-order valence-electron chi connectivity index (χ2n) is 7.04. The summed E-state index contributed by atoms with van der Waals surface area (Å²) in [6.45, 7) is 8.08. The third-order valence-electron chi connectivity index (χ3n) is 5.04. The van der Waals surface area contributed by atoms with Crippen LogP contribution in [0.5, 0.6) is 0 Å². The fourth-order valence-electron chi connectivity index (χ4n) is 3.20. The van der Waals surface area contributed by atoms with Gasteiger partial charge in [-0.3, -0.25) is 19.8 Å². The summed E-state index contributed by atoms with van der Waals surface area (Å²) in [4.78, 5) is 26.1. The summed E-state index contributed by atoms with van der Waals surface area (Å²) in [6, 6.07) is 9.56. The molecule has 0 bridgehead atoms. The van der Waals surface area contributed by atoms with E-state index in [-0.39, 0.29) is 11.9 Å². The molecule has 2 aliphatic rings. The first-order valence-corrected chi connectivity index (χ1v) is 9.45. The van der Waals surface area contributed by atoms with Crippen LogP contribution in [0.25, 0.3) is 0 Å². The van der Waals surface area contributed by atoms with Crippen LogP contribution < -0.4 is 5.32 Å². The van der Waals surface area contributed by atoms with Crippen molar-refractivity contribution < 1.29 is 4.79 Å². The molecule has 140 valence electrons. The topological polar surface area (TPSA) is 66.7 Å². The van der Waals surface area contributed by atoms with Crippen LogP contribution in [0.4, 0.5) is 11.4 Å². The molecule has 1 aromatic carbocycles. The molecule has 0 radical (unpaired) electrons. The molecule has 5 heteroatoms. The van der Waals surface area contributed by atoms with E-state index in [0.29, 0.717) is 11.4 Å². The summed E-state index contributed by atoms with van der Waals surface area (Å²) in [5, 5.41) is 2.91. The average Bonchev–Trinajstić information content (AvgIpc) is 3.13. The van der Waals surface area contributed by atoms with E-state index < -0.39 is 0 Å². The molecule has 1 aromatic heterocycles. The van der Waals surface area contributed by atoms with Crippen molar-refractivity contribution in [2.45, 2.75) is 32.7 Å². The molecule has 0 spiro atoms. The minimum atomic E-state index is -0.225. The Hall–Kier alpha value is -3.34. The molecule has 4 rings (SSSR count). The molecular weight excluding hydrogens is 348 g/mol. The number of carbonyl (C=O) groups is 1. The number of hydrogen-bond donors (Lipinski definition) is 1. The van der Waals surface area contributed by atoms with Crippen LogP contribution in [0.1, 0.15) is 35.5 Å². The summed E-state index contributed by atoms with van der Waals surface area (Å²) in [5.41, 5.74) is 7.07. The fraction of sp³-hybridized carbons (Fsp3) is 0.217. The monoisotopic (exact) mass is 370 g/mol. The normalized spacial score (nSPS) is 17.8. The molecule has 2 aromatic rings. The highest BCUT2D eigenvalue weighted by Gasteiger charge is 2.21. The van der Waals surface area contributed by atoms with Gasteiger partial charge in [0.25, 0.3) is 5.91 Å².